The molecule has 2 saturated heterocycles. The van der Waals surface area contributed by atoms with Crippen molar-refractivity contribution >= 4 is 50.2 Å². The zero-order chi connectivity index (χ0) is 30.4. The van der Waals surface area contributed by atoms with Crippen LogP contribution < -0.4 is 9.62 Å². The summed E-state index contributed by atoms with van der Waals surface area (Å²) in [4.78, 5) is 13.1. The lowest BCUT2D eigenvalue weighted by Gasteiger charge is -2.47. The number of hydrogen-bond acceptors (Lipinski definition) is 7. The van der Waals surface area contributed by atoms with Crippen LogP contribution in [-0.4, -0.2) is 77.6 Å². The molecular formula is C27H34Cl2F3N7O2S. The number of halogens is 5. The quantitative estimate of drug-likeness (QED) is 0.339. The van der Waals surface area contributed by atoms with Gasteiger partial charge in [-0.15, -0.1) is 0 Å². The summed E-state index contributed by atoms with van der Waals surface area (Å²) >= 11 is 12.4. The number of anilines is 1. The van der Waals surface area contributed by atoms with E-state index in [4.69, 9.17) is 23.2 Å². The van der Waals surface area contributed by atoms with E-state index in [1.807, 2.05) is 4.90 Å². The Labute approximate surface area is 253 Å². The highest BCUT2D eigenvalue weighted by Gasteiger charge is 2.40. The van der Waals surface area contributed by atoms with E-state index in [9.17, 15) is 21.6 Å². The molecule has 2 aromatic heterocycles. The van der Waals surface area contributed by atoms with E-state index in [-0.39, 0.29) is 11.2 Å². The summed E-state index contributed by atoms with van der Waals surface area (Å²) in [6, 6.07) is 4.18. The van der Waals surface area contributed by atoms with Crippen LogP contribution in [0.2, 0.25) is 10.0 Å². The lowest BCUT2D eigenvalue weighted by atomic mass is 9.80. The number of nitrogens with zero attached hydrogens (tertiary/aromatic N) is 6. The van der Waals surface area contributed by atoms with Crippen LogP contribution in [0.15, 0.2) is 24.4 Å². The van der Waals surface area contributed by atoms with Crippen molar-refractivity contribution in [2.75, 3.05) is 44.2 Å². The lowest BCUT2D eigenvalue weighted by molar-refractivity contribution is -0.140. The summed E-state index contributed by atoms with van der Waals surface area (Å²) in [6.07, 6.45) is -1.20. The summed E-state index contributed by atoms with van der Waals surface area (Å²) in [6.45, 7) is 9.31. The average Bonchev–Trinajstić information content (AvgIpc) is 3.27. The molecule has 0 spiro atoms. The number of likely N-dealkylation sites (tertiary alicyclic amines) is 1. The first kappa shape index (κ1) is 31.2. The van der Waals surface area contributed by atoms with Crippen molar-refractivity contribution in [2.45, 2.75) is 51.1 Å². The molecule has 2 aliphatic rings. The van der Waals surface area contributed by atoms with Crippen molar-refractivity contribution in [2.24, 2.45) is 11.8 Å². The van der Waals surface area contributed by atoms with Gasteiger partial charge < -0.3 is 9.80 Å². The maximum Gasteiger partial charge on any atom is 0.437 e. The summed E-state index contributed by atoms with van der Waals surface area (Å²) in [7, 11) is -3.29. The Bertz CT molecular complexity index is 1540. The highest BCUT2D eigenvalue weighted by molar-refractivity contribution is 7.90. The van der Waals surface area contributed by atoms with E-state index in [2.05, 4.69) is 24.7 Å². The third-order valence-electron chi connectivity index (χ3n) is 8.23. The van der Waals surface area contributed by atoms with E-state index >= 15 is 0 Å². The lowest BCUT2D eigenvalue weighted by Crippen LogP contribution is -2.54. The van der Waals surface area contributed by atoms with E-state index in [0.717, 1.165) is 39.0 Å². The van der Waals surface area contributed by atoms with E-state index in [1.165, 1.54) is 10.9 Å². The van der Waals surface area contributed by atoms with Crippen LogP contribution in [-0.2, 0) is 16.2 Å². The Morgan fingerprint density at radius 2 is 1.86 bits per heavy atom. The van der Waals surface area contributed by atoms with Crippen LogP contribution in [0.25, 0.3) is 11.2 Å². The van der Waals surface area contributed by atoms with Gasteiger partial charge in [0.1, 0.15) is 11.3 Å². The molecule has 2 aliphatic heterocycles. The van der Waals surface area contributed by atoms with Crippen LogP contribution in [0, 0.1) is 11.8 Å². The number of alkyl halides is 3. The normalized spacial score (nSPS) is 19.9. The van der Waals surface area contributed by atoms with Crippen molar-refractivity contribution in [1.29, 1.82) is 0 Å². The molecule has 42 heavy (non-hydrogen) atoms. The Morgan fingerprint density at radius 3 is 2.52 bits per heavy atom. The van der Waals surface area contributed by atoms with Gasteiger partial charge in [0.2, 0.25) is 10.0 Å². The first-order valence-electron chi connectivity index (χ1n) is 14.0. The third kappa shape index (κ3) is 6.50. The van der Waals surface area contributed by atoms with Crippen LogP contribution in [0.1, 0.15) is 50.9 Å². The molecule has 0 amide bonds. The first-order valence-corrected chi connectivity index (χ1v) is 16.3. The van der Waals surface area contributed by atoms with Crippen molar-refractivity contribution in [3.05, 3.63) is 45.7 Å². The van der Waals surface area contributed by atoms with Gasteiger partial charge in [0.25, 0.3) is 0 Å². The highest BCUT2D eigenvalue weighted by atomic mass is 35.5. The van der Waals surface area contributed by atoms with Gasteiger partial charge >= 0.3 is 6.18 Å². The zero-order valence-electron chi connectivity index (χ0n) is 23.6. The molecule has 0 radical (unpaired) electrons. The molecule has 0 bridgehead atoms. The van der Waals surface area contributed by atoms with Crippen molar-refractivity contribution in [3.8, 4) is 0 Å². The van der Waals surface area contributed by atoms with Gasteiger partial charge in [-0.25, -0.2) is 27.8 Å². The van der Waals surface area contributed by atoms with Gasteiger partial charge in [-0.05, 0) is 69.7 Å². The molecule has 4 heterocycles. The van der Waals surface area contributed by atoms with Gasteiger partial charge in [0.15, 0.2) is 11.3 Å². The summed E-state index contributed by atoms with van der Waals surface area (Å²) in [5.41, 5.74) is -0.798. The topological polar surface area (TPSA) is 96.3 Å². The molecule has 0 saturated carbocycles. The maximum absolute atomic E-state index is 13.9. The second kappa shape index (κ2) is 12.1. The van der Waals surface area contributed by atoms with Crippen LogP contribution in [0.3, 0.4) is 0 Å². The number of piperidine rings is 1. The van der Waals surface area contributed by atoms with Crippen LogP contribution >= 0.6 is 23.2 Å². The number of rotatable bonds is 9. The predicted octanol–water partition coefficient (Wildman–Crippen LogP) is 5.24. The predicted molar refractivity (Wildman–Crippen MR) is 158 cm³/mol. The number of sulfonamides is 1. The highest BCUT2D eigenvalue weighted by Crippen LogP contribution is 2.38. The fourth-order valence-corrected chi connectivity index (χ4v) is 6.95. The maximum atomic E-state index is 13.9. The van der Waals surface area contributed by atoms with Gasteiger partial charge in [0.05, 0.1) is 17.5 Å². The fraction of sp³-hybridized carbons (Fsp3) is 0.593. The Balaban J connectivity index is 1.29. The molecule has 5 rings (SSSR count). The van der Waals surface area contributed by atoms with Crippen LogP contribution in [0.5, 0.6) is 0 Å². The molecule has 2 fully saturated rings. The smallest absolute Gasteiger partial charge is 0.355 e. The van der Waals surface area contributed by atoms with E-state index in [1.54, 1.807) is 39.0 Å². The minimum absolute atomic E-state index is 0.0366. The summed E-state index contributed by atoms with van der Waals surface area (Å²) in [5.74, 6) is 1.35. The third-order valence-corrected chi connectivity index (χ3v) is 10.6. The Hall–Kier alpha value is -2.19. The first-order chi connectivity index (χ1) is 19.7. The van der Waals surface area contributed by atoms with Crippen molar-refractivity contribution in [3.63, 3.8) is 0 Å². The molecule has 230 valence electrons. The minimum Gasteiger partial charge on any atom is -0.355 e. The molecule has 2 atom stereocenters. The zero-order valence-corrected chi connectivity index (χ0v) is 25.9. The number of benzene rings is 1. The molecule has 1 N–H and O–H groups in total. The molecule has 3 aromatic rings. The van der Waals surface area contributed by atoms with Gasteiger partial charge in [0, 0.05) is 42.8 Å². The molecule has 1 unspecified atom stereocenters. The number of hydrogen-bond donors (Lipinski definition) is 1. The molecular weight excluding hydrogens is 614 g/mol. The molecule has 9 nitrogen and oxygen atoms in total. The van der Waals surface area contributed by atoms with Crippen LogP contribution in [0.4, 0.5) is 19.0 Å². The SMILES string of the molecule is CC(c1ccc(Cl)cc1Cl)n1nc(C(F)(F)F)c2ncc(N3CC([C@@H]4CCCN(CCNS(=O)(=O)C(C)C)C4)C3)nc21. The van der Waals surface area contributed by atoms with Crippen molar-refractivity contribution < 1.29 is 21.6 Å². The molecule has 1 aromatic carbocycles. The summed E-state index contributed by atoms with van der Waals surface area (Å²) < 4.78 is 69.7. The number of fused-ring (bicyclic) bond motifs is 1. The average molecular weight is 649 g/mol. The number of aromatic nitrogens is 4. The monoisotopic (exact) mass is 647 g/mol. The van der Waals surface area contributed by atoms with Crippen molar-refractivity contribution in [1.82, 2.24) is 29.4 Å². The van der Waals surface area contributed by atoms with E-state index in [0.29, 0.717) is 46.4 Å². The second-order valence-corrected chi connectivity index (χ2v) is 14.6. The van der Waals surface area contributed by atoms with E-state index < -0.39 is 33.2 Å². The fourth-order valence-electron chi connectivity index (χ4n) is 5.67. The Morgan fingerprint density at radius 1 is 1.12 bits per heavy atom. The summed E-state index contributed by atoms with van der Waals surface area (Å²) in [5, 5.41) is 4.17. The standard InChI is InChI=1S/C27H34Cl2F3N7O2S/c1-16(2)42(40,41)34-8-10-37-9-4-5-18(13-37)19-14-38(15-19)23-12-33-24-25(27(30,31)32)36-39(26(24)35-23)17(3)21-7-6-20(28)11-22(21)29/h6-7,11-12,16-19,34H,4-5,8-10,13-15H2,1-3H3/t17?,18-/m1/s1. The molecule has 0 aliphatic carbocycles. The second-order valence-electron chi connectivity index (χ2n) is 11.4. The van der Waals surface area contributed by atoms with Gasteiger partial charge in [-0.2, -0.15) is 18.3 Å². The molecule has 15 heteroatoms. The number of nitrogens with one attached hydrogen (secondary N) is 1. The minimum atomic E-state index is -4.70. The van der Waals surface area contributed by atoms with Gasteiger partial charge in [-0.1, -0.05) is 29.3 Å². The van der Waals surface area contributed by atoms with Gasteiger partial charge in [-0.3, -0.25) is 0 Å². The largest absolute Gasteiger partial charge is 0.437 e. The Kier molecular flexibility index (Phi) is 8.98.